The van der Waals surface area contributed by atoms with Gasteiger partial charge in [-0.1, -0.05) is 23.8 Å². The number of halogens is 1. The quantitative estimate of drug-likeness (QED) is 0.788. The van der Waals surface area contributed by atoms with E-state index in [0.717, 1.165) is 12.0 Å². The molecule has 86 valence electrons. The number of anilines is 1. The van der Waals surface area contributed by atoms with Crippen LogP contribution in [0.2, 0.25) is 5.02 Å². The van der Waals surface area contributed by atoms with Crippen LogP contribution in [-0.2, 0) is 4.79 Å². The number of pyridine rings is 1. The Bertz CT molecular complexity index is 404. The molecule has 0 bridgehead atoms. The highest BCUT2D eigenvalue weighted by molar-refractivity contribution is 6.30. The summed E-state index contributed by atoms with van der Waals surface area (Å²) in [5, 5.41) is 3.25. The minimum Gasteiger partial charge on any atom is -0.383 e. The van der Waals surface area contributed by atoms with Gasteiger partial charge in [0.1, 0.15) is 5.82 Å². The fourth-order valence-corrected chi connectivity index (χ4v) is 1.31. The Morgan fingerprint density at radius 2 is 2.44 bits per heavy atom. The van der Waals surface area contributed by atoms with Gasteiger partial charge in [-0.2, -0.15) is 0 Å². The summed E-state index contributed by atoms with van der Waals surface area (Å²) in [6.45, 7) is 2.10. The minimum absolute atomic E-state index is 0.0302. The molecule has 0 aliphatic heterocycles. The van der Waals surface area contributed by atoms with Crippen LogP contribution in [0.25, 0.3) is 6.08 Å². The van der Waals surface area contributed by atoms with Crippen LogP contribution < -0.4 is 11.1 Å². The molecule has 0 spiro atoms. The highest BCUT2D eigenvalue weighted by Crippen LogP contribution is 2.16. The van der Waals surface area contributed by atoms with Crippen LogP contribution in [0.15, 0.2) is 18.3 Å². The summed E-state index contributed by atoms with van der Waals surface area (Å²) in [7, 11) is 0. The monoisotopic (exact) mass is 239 g/mol. The molecule has 1 rings (SSSR count). The van der Waals surface area contributed by atoms with E-state index in [1.165, 1.54) is 13.1 Å². The Kier molecular flexibility index (Phi) is 4.79. The summed E-state index contributed by atoms with van der Waals surface area (Å²) >= 11 is 5.79. The van der Waals surface area contributed by atoms with Crippen molar-refractivity contribution in [1.82, 2.24) is 10.3 Å². The normalized spacial score (nSPS) is 10.6. The molecular weight excluding hydrogens is 226 g/mol. The van der Waals surface area contributed by atoms with Crippen molar-refractivity contribution < 1.29 is 4.79 Å². The zero-order valence-electron chi connectivity index (χ0n) is 9.03. The molecule has 0 saturated carbocycles. The average Bonchev–Trinajstić information content (AvgIpc) is 2.22. The number of nitrogens with zero attached hydrogens (tertiary/aromatic N) is 1. The van der Waals surface area contributed by atoms with E-state index < -0.39 is 0 Å². The minimum atomic E-state index is -0.0302. The molecule has 0 aromatic carbocycles. The number of rotatable bonds is 4. The number of amides is 1. The van der Waals surface area contributed by atoms with Crippen molar-refractivity contribution in [2.24, 2.45) is 0 Å². The van der Waals surface area contributed by atoms with E-state index in [9.17, 15) is 4.79 Å². The third kappa shape index (κ3) is 4.31. The molecule has 0 fully saturated rings. The van der Waals surface area contributed by atoms with Gasteiger partial charge in [0.2, 0.25) is 5.91 Å². The van der Waals surface area contributed by atoms with Crippen molar-refractivity contribution in [3.05, 3.63) is 28.9 Å². The molecule has 0 atom stereocenters. The third-order valence-corrected chi connectivity index (χ3v) is 2.11. The molecule has 0 aliphatic rings. The second-order valence-electron chi connectivity index (χ2n) is 3.30. The fourth-order valence-electron chi connectivity index (χ4n) is 1.14. The molecule has 1 amide bonds. The van der Waals surface area contributed by atoms with Gasteiger partial charge in [-0.25, -0.2) is 4.98 Å². The molecule has 0 saturated heterocycles. The molecule has 0 radical (unpaired) electrons. The van der Waals surface area contributed by atoms with E-state index in [0.29, 0.717) is 17.4 Å². The number of nitrogens with one attached hydrogen (secondary N) is 1. The first-order chi connectivity index (χ1) is 7.59. The molecule has 3 N–H and O–H groups in total. The highest BCUT2D eigenvalue weighted by Gasteiger charge is 1.97. The van der Waals surface area contributed by atoms with E-state index in [4.69, 9.17) is 17.3 Å². The molecule has 1 aromatic rings. The molecule has 1 heterocycles. The Hall–Kier alpha value is -1.55. The van der Waals surface area contributed by atoms with Crippen molar-refractivity contribution in [3.63, 3.8) is 0 Å². The number of nitrogens with two attached hydrogens (primary N) is 1. The van der Waals surface area contributed by atoms with Gasteiger partial charge in [-0.15, -0.1) is 0 Å². The maximum atomic E-state index is 10.6. The summed E-state index contributed by atoms with van der Waals surface area (Å²) in [5.41, 5.74) is 6.45. The van der Waals surface area contributed by atoms with Gasteiger partial charge in [-0.05, 0) is 12.5 Å². The Balaban J connectivity index is 2.49. The first kappa shape index (κ1) is 12.5. The number of hydrogen-bond donors (Lipinski definition) is 2. The molecule has 4 nitrogen and oxygen atoms in total. The van der Waals surface area contributed by atoms with E-state index >= 15 is 0 Å². The summed E-state index contributed by atoms with van der Waals surface area (Å²) in [4.78, 5) is 14.5. The lowest BCUT2D eigenvalue weighted by Crippen LogP contribution is -2.20. The maximum absolute atomic E-state index is 10.6. The fraction of sp³-hybridized carbons (Fsp3) is 0.273. The standard InChI is InChI=1S/C11H14ClN3O/c1-8(16)14-5-3-2-4-9-6-10(12)7-15-11(9)13/h2,4,6-7H,3,5H2,1H3,(H2,13,15)(H,14,16). The summed E-state index contributed by atoms with van der Waals surface area (Å²) in [5.74, 6) is 0.414. The van der Waals surface area contributed by atoms with Crippen LogP contribution in [0.4, 0.5) is 5.82 Å². The van der Waals surface area contributed by atoms with E-state index in [1.807, 2.05) is 12.2 Å². The average molecular weight is 240 g/mol. The number of carbonyl (C=O) groups is 1. The van der Waals surface area contributed by atoms with Gasteiger partial charge in [-0.3, -0.25) is 4.79 Å². The van der Waals surface area contributed by atoms with Gasteiger partial charge in [0.25, 0.3) is 0 Å². The number of nitrogen functional groups attached to an aromatic ring is 1. The van der Waals surface area contributed by atoms with Crippen molar-refractivity contribution >= 4 is 29.4 Å². The summed E-state index contributed by atoms with van der Waals surface area (Å²) in [6.07, 6.45) is 6.01. The first-order valence-corrected chi connectivity index (χ1v) is 5.29. The zero-order valence-corrected chi connectivity index (χ0v) is 9.79. The lowest BCUT2D eigenvalue weighted by Gasteiger charge is -2.00. The molecular formula is C11H14ClN3O. The zero-order chi connectivity index (χ0) is 12.0. The smallest absolute Gasteiger partial charge is 0.216 e. The Morgan fingerprint density at radius 3 is 3.12 bits per heavy atom. The van der Waals surface area contributed by atoms with Gasteiger partial charge in [0.15, 0.2) is 0 Å². The predicted octanol–water partition coefficient (Wildman–Crippen LogP) is 1.86. The highest BCUT2D eigenvalue weighted by atomic mass is 35.5. The number of aromatic nitrogens is 1. The van der Waals surface area contributed by atoms with E-state index in [1.54, 1.807) is 6.07 Å². The van der Waals surface area contributed by atoms with Crippen molar-refractivity contribution in [1.29, 1.82) is 0 Å². The second kappa shape index (κ2) is 6.12. The molecule has 5 heteroatoms. The van der Waals surface area contributed by atoms with Crippen LogP contribution in [0.3, 0.4) is 0 Å². The lowest BCUT2D eigenvalue weighted by atomic mass is 10.2. The molecule has 0 aliphatic carbocycles. The first-order valence-electron chi connectivity index (χ1n) is 4.91. The van der Waals surface area contributed by atoms with Crippen LogP contribution in [-0.4, -0.2) is 17.4 Å². The predicted molar refractivity (Wildman–Crippen MR) is 66.0 cm³/mol. The SMILES string of the molecule is CC(=O)NCCC=Cc1cc(Cl)cnc1N. The maximum Gasteiger partial charge on any atom is 0.216 e. The van der Waals surface area contributed by atoms with Crippen LogP contribution in [0, 0.1) is 0 Å². The summed E-state index contributed by atoms with van der Waals surface area (Å²) in [6, 6.07) is 1.75. The van der Waals surface area contributed by atoms with E-state index in [-0.39, 0.29) is 5.91 Å². The van der Waals surface area contributed by atoms with Gasteiger partial charge < -0.3 is 11.1 Å². The van der Waals surface area contributed by atoms with Gasteiger partial charge in [0.05, 0.1) is 5.02 Å². The second-order valence-corrected chi connectivity index (χ2v) is 3.74. The lowest BCUT2D eigenvalue weighted by molar-refractivity contribution is -0.118. The molecule has 0 unspecified atom stereocenters. The Labute approximate surface area is 99.5 Å². The third-order valence-electron chi connectivity index (χ3n) is 1.90. The van der Waals surface area contributed by atoms with Crippen LogP contribution >= 0.6 is 11.6 Å². The van der Waals surface area contributed by atoms with E-state index in [2.05, 4.69) is 10.3 Å². The molecule has 1 aromatic heterocycles. The Morgan fingerprint density at radius 1 is 1.69 bits per heavy atom. The van der Waals surface area contributed by atoms with Crippen LogP contribution in [0.1, 0.15) is 18.9 Å². The van der Waals surface area contributed by atoms with Gasteiger partial charge >= 0.3 is 0 Å². The number of carbonyl (C=O) groups excluding carboxylic acids is 1. The van der Waals surface area contributed by atoms with Gasteiger partial charge in [0, 0.05) is 25.2 Å². The topological polar surface area (TPSA) is 68.0 Å². The van der Waals surface area contributed by atoms with Crippen molar-refractivity contribution in [2.45, 2.75) is 13.3 Å². The number of hydrogen-bond acceptors (Lipinski definition) is 3. The van der Waals surface area contributed by atoms with Crippen molar-refractivity contribution in [2.75, 3.05) is 12.3 Å². The summed E-state index contributed by atoms with van der Waals surface area (Å²) < 4.78 is 0. The molecule has 16 heavy (non-hydrogen) atoms. The largest absolute Gasteiger partial charge is 0.383 e. The van der Waals surface area contributed by atoms with Crippen LogP contribution in [0.5, 0.6) is 0 Å². The van der Waals surface area contributed by atoms with Crippen molar-refractivity contribution in [3.8, 4) is 0 Å².